The summed E-state index contributed by atoms with van der Waals surface area (Å²) in [6, 6.07) is 24.1. The van der Waals surface area contributed by atoms with Crippen LogP contribution in [-0.2, 0) is 32.3 Å². The van der Waals surface area contributed by atoms with Gasteiger partial charge in [0.05, 0.1) is 0 Å². The van der Waals surface area contributed by atoms with Crippen molar-refractivity contribution >= 4 is 12.2 Å². The fourth-order valence-electron chi connectivity index (χ4n) is 10.4. The first-order valence-corrected chi connectivity index (χ1v) is 26.6. The first-order chi connectivity index (χ1) is 24.2. The summed E-state index contributed by atoms with van der Waals surface area (Å²) in [7, 11) is 0. The summed E-state index contributed by atoms with van der Waals surface area (Å²) in [4.78, 5) is 0. The summed E-state index contributed by atoms with van der Waals surface area (Å²) in [6.45, 7) is 9.17. The van der Waals surface area contributed by atoms with Gasteiger partial charge in [0.2, 0.25) is 0 Å². The average Bonchev–Trinajstić information content (AvgIpc) is 3.36. The minimum absolute atomic E-state index is 0. The van der Waals surface area contributed by atoms with Crippen molar-refractivity contribution in [2.75, 3.05) is 0 Å². The van der Waals surface area contributed by atoms with E-state index >= 15 is 0 Å². The van der Waals surface area contributed by atoms with Gasteiger partial charge in [0.1, 0.15) is 0 Å². The van der Waals surface area contributed by atoms with Gasteiger partial charge in [-0.3, -0.25) is 0 Å². The normalized spacial score (nSPS) is 23.2. The van der Waals surface area contributed by atoms with Crippen molar-refractivity contribution in [3.63, 3.8) is 0 Å². The first-order valence-electron chi connectivity index (χ1n) is 18.3. The molecule has 0 bridgehead atoms. The molecule has 3 aliphatic carbocycles. The van der Waals surface area contributed by atoms with Crippen LogP contribution in [0.3, 0.4) is 0 Å². The second-order valence-electron chi connectivity index (χ2n) is 15.7. The van der Waals surface area contributed by atoms with Crippen molar-refractivity contribution in [3.8, 4) is 22.3 Å². The van der Waals surface area contributed by atoms with Gasteiger partial charge in [0, 0.05) is 0 Å². The molecule has 4 aromatic rings. The van der Waals surface area contributed by atoms with E-state index in [0.29, 0.717) is 19.2 Å². The molecule has 0 aromatic heterocycles. The van der Waals surface area contributed by atoms with E-state index in [0.717, 1.165) is 29.6 Å². The number of rotatable bonds is 6. The number of hydrogen-bond donors (Lipinski definition) is 0. The zero-order valence-electron chi connectivity index (χ0n) is 30.1. The summed E-state index contributed by atoms with van der Waals surface area (Å²) >= 11 is -3.61. The molecule has 0 N–H and O–H groups in total. The number of alkyl halides is 6. The van der Waals surface area contributed by atoms with Crippen molar-refractivity contribution < 1.29 is 71.1 Å². The van der Waals surface area contributed by atoms with Crippen LogP contribution in [-0.4, -0.2) is 0 Å². The summed E-state index contributed by atoms with van der Waals surface area (Å²) in [5.74, 6) is 0.626. The molecule has 9 heteroatoms. The maximum Gasteiger partial charge on any atom is -1.00 e. The largest absolute Gasteiger partial charge is 1.00 e. The average molecular weight is 934 g/mol. The third kappa shape index (κ3) is 6.52. The summed E-state index contributed by atoms with van der Waals surface area (Å²) in [6.07, 6.45) is 1.05. The maximum atomic E-state index is 13.5. The molecule has 278 valence electrons. The van der Waals surface area contributed by atoms with Gasteiger partial charge >= 0.3 is 302 Å². The molecule has 4 aromatic carbocycles. The van der Waals surface area contributed by atoms with Crippen molar-refractivity contribution in [2.24, 2.45) is 11.8 Å². The Kier molecular flexibility index (Phi) is 10.9. The molecule has 53 heavy (non-hydrogen) atoms. The molecule has 1 aliphatic heterocycles. The third-order valence-corrected chi connectivity index (χ3v) is 37.1. The van der Waals surface area contributed by atoms with Crippen molar-refractivity contribution in [1.29, 1.82) is 0 Å². The predicted molar refractivity (Wildman–Crippen MR) is 191 cm³/mol. The third-order valence-electron chi connectivity index (χ3n) is 12.5. The van der Waals surface area contributed by atoms with Crippen molar-refractivity contribution in [1.82, 2.24) is 0 Å². The summed E-state index contributed by atoms with van der Waals surface area (Å²) < 4.78 is 83.2. The molecule has 4 aliphatic rings. The van der Waals surface area contributed by atoms with Crippen LogP contribution < -0.4 is 24.8 Å². The molecule has 1 saturated carbocycles. The zero-order chi connectivity index (χ0) is 36.0. The Hall–Kier alpha value is -2.61. The van der Waals surface area contributed by atoms with Crippen LogP contribution in [0, 0.1) is 11.8 Å². The van der Waals surface area contributed by atoms with Crippen LogP contribution in [0.4, 0.5) is 26.3 Å². The Morgan fingerprint density at radius 3 is 1.21 bits per heavy atom. The van der Waals surface area contributed by atoms with Crippen molar-refractivity contribution in [2.45, 2.75) is 80.4 Å². The molecular weight excluding hydrogens is 892 g/mol. The van der Waals surface area contributed by atoms with Crippen LogP contribution in [0.15, 0.2) is 96.1 Å². The number of halogens is 8. The molecule has 1 heterocycles. The van der Waals surface area contributed by atoms with Crippen LogP contribution in [0.5, 0.6) is 0 Å². The molecule has 2 fully saturated rings. The molecule has 1 saturated heterocycles. The summed E-state index contributed by atoms with van der Waals surface area (Å²) in [5, 5.41) is 0. The smallest absolute Gasteiger partial charge is 1.00 e. The minimum atomic E-state index is -4.39. The summed E-state index contributed by atoms with van der Waals surface area (Å²) in [5.41, 5.74) is 10.3. The Morgan fingerprint density at radius 2 is 0.887 bits per heavy atom. The zero-order valence-corrected chi connectivity index (χ0v) is 35.2. The fourth-order valence-corrected chi connectivity index (χ4v) is 46.7. The van der Waals surface area contributed by atoms with Gasteiger partial charge in [0.25, 0.3) is 0 Å². The number of allylic oxidation sites excluding steroid dienone is 2. The van der Waals surface area contributed by atoms with Gasteiger partial charge in [0.15, 0.2) is 0 Å². The van der Waals surface area contributed by atoms with Crippen LogP contribution in [0.2, 0.25) is 7.35 Å². The molecule has 4 unspecified atom stereocenters. The molecule has 0 radical (unpaired) electrons. The van der Waals surface area contributed by atoms with E-state index in [1.807, 2.05) is 0 Å². The Balaban J connectivity index is 0.00000240. The minimum Gasteiger partial charge on any atom is -1.00 e. The topological polar surface area (TPSA) is 0 Å². The molecule has 4 atom stereocenters. The second kappa shape index (κ2) is 14.5. The standard InChI is InChI=1S/2C19H16F3.C6H10.2ClH.Hf/c2*1-12(2)15-10-14-4-3-5-17(18(14)11-15)13-6-8-16(9-7-13)19(20,21)22;1-2-4-6-5-3-1;;;/h2*3-12H,1-2H3;1-2H,3-6H2;2*1H;/q;;;;;+2/p-2. The first kappa shape index (κ1) is 40.1. The monoisotopic (exact) mass is 934 g/mol. The number of benzene rings is 4. The molecule has 0 spiro atoms. The van der Waals surface area contributed by atoms with Gasteiger partial charge in [-0.05, 0) is 0 Å². The van der Waals surface area contributed by atoms with E-state index in [-0.39, 0.29) is 24.8 Å². The predicted octanol–water partition coefficient (Wildman–Crippen LogP) is 8.27. The van der Waals surface area contributed by atoms with Gasteiger partial charge < -0.3 is 24.8 Å². The Morgan fingerprint density at radius 1 is 0.528 bits per heavy atom. The van der Waals surface area contributed by atoms with E-state index in [9.17, 15) is 26.3 Å². The van der Waals surface area contributed by atoms with E-state index < -0.39 is 43.4 Å². The van der Waals surface area contributed by atoms with Gasteiger partial charge in [-0.2, -0.15) is 0 Å². The van der Waals surface area contributed by atoms with Crippen molar-refractivity contribution in [3.05, 3.63) is 129 Å². The molecule has 0 amide bonds. The van der Waals surface area contributed by atoms with Crippen LogP contribution >= 0.6 is 0 Å². The van der Waals surface area contributed by atoms with E-state index in [1.165, 1.54) is 83.3 Å². The molecule has 0 nitrogen and oxygen atoms in total. The van der Waals surface area contributed by atoms with Gasteiger partial charge in [-0.25, -0.2) is 0 Å². The Bertz CT molecular complexity index is 1910. The van der Waals surface area contributed by atoms with Gasteiger partial charge in [-0.1, -0.05) is 0 Å². The van der Waals surface area contributed by atoms with Gasteiger partial charge in [-0.15, -0.1) is 0 Å². The number of fused-ring (bicyclic) bond motifs is 3. The SMILES string of the molecule is CC(C)C1=Cc2c(-c3ccc(C(F)(F)F)cc3)cccc2[CH]1[Hf+2]1([CH]2C(C(C)C)=Cc3c(-c4ccc(C(F)(F)F)cc4)cccc32)[CH]2CCCC[CH]21.[Cl-].[Cl-]. The molecular formula is C44H42Cl2F6Hf. The maximum absolute atomic E-state index is 13.5. The van der Waals surface area contributed by atoms with Crippen LogP contribution in [0.1, 0.15) is 94.1 Å². The number of hydrogen-bond acceptors (Lipinski definition) is 0. The Labute approximate surface area is 325 Å². The molecule has 8 rings (SSSR count). The second-order valence-corrected chi connectivity index (χ2v) is 32.4. The van der Waals surface area contributed by atoms with E-state index in [2.05, 4.69) is 76.2 Å². The van der Waals surface area contributed by atoms with Crippen LogP contribution in [0.25, 0.3) is 34.4 Å². The van der Waals surface area contributed by atoms with E-state index in [1.54, 1.807) is 24.3 Å². The van der Waals surface area contributed by atoms with E-state index in [4.69, 9.17) is 0 Å². The fraction of sp³-hybridized carbons (Fsp3) is 0.364. The quantitative estimate of drug-likeness (QED) is 0.135.